The van der Waals surface area contributed by atoms with E-state index < -0.39 is 7.82 Å². The highest BCUT2D eigenvalue weighted by Gasteiger charge is 2.17. The molecule has 0 aromatic heterocycles. The fraction of sp³-hybridized carbons (Fsp3) is 0.125. The van der Waals surface area contributed by atoms with Gasteiger partial charge in [0.25, 0.3) is 6.47 Å². The third kappa shape index (κ3) is 4.12. The zero-order chi connectivity index (χ0) is 11.3. The van der Waals surface area contributed by atoms with E-state index in [-0.39, 0.29) is 18.8 Å². The van der Waals surface area contributed by atoms with Crippen LogP contribution in [0.4, 0.5) is 0 Å². The second-order valence-electron chi connectivity index (χ2n) is 2.60. The Balaban J connectivity index is 2.86. The Morgan fingerprint density at radius 1 is 1.33 bits per heavy atom. The van der Waals surface area contributed by atoms with Gasteiger partial charge >= 0.3 is 7.82 Å². The molecule has 1 rings (SSSR count). The molecular weight excluding hydrogens is 223 g/mol. The molecule has 0 radical (unpaired) electrons. The van der Waals surface area contributed by atoms with Crippen LogP contribution in [-0.4, -0.2) is 16.3 Å². The second kappa shape index (κ2) is 4.93. The highest BCUT2D eigenvalue weighted by molar-refractivity contribution is 7.46. The lowest BCUT2D eigenvalue weighted by atomic mass is 10.2. The van der Waals surface area contributed by atoms with Crippen LogP contribution < -0.4 is 4.52 Å². The molecule has 0 saturated carbocycles. The predicted octanol–water partition coefficient (Wildman–Crippen LogP) is 0.831. The smallest absolute Gasteiger partial charge is 0.463 e. The SMILES string of the molecule is O=COCc1ccccc1OP(=O)(O)O. The van der Waals surface area contributed by atoms with Gasteiger partial charge in [-0.2, -0.15) is 0 Å². The molecule has 0 saturated heterocycles. The summed E-state index contributed by atoms with van der Waals surface area (Å²) in [7, 11) is -4.59. The van der Waals surface area contributed by atoms with Crippen molar-refractivity contribution in [1.82, 2.24) is 0 Å². The van der Waals surface area contributed by atoms with Crippen molar-refractivity contribution in [2.45, 2.75) is 6.61 Å². The molecule has 0 heterocycles. The average molecular weight is 232 g/mol. The van der Waals surface area contributed by atoms with E-state index in [1.807, 2.05) is 0 Å². The summed E-state index contributed by atoms with van der Waals surface area (Å²) in [6.07, 6.45) is 0. The number of phosphoric acid groups is 1. The summed E-state index contributed by atoms with van der Waals surface area (Å²) in [4.78, 5) is 27.2. The number of carbonyl (C=O) groups is 1. The van der Waals surface area contributed by atoms with Crippen LogP contribution in [0.3, 0.4) is 0 Å². The largest absolute Gasteiger partial charge is 0.524 e. The Kier molecular flexibility index (Phi) is 3.85. The normalized spacial score (nSPS) is 10.8. The van der Waals surface area contributed by atoms with E-state index >= 15 is 0 Å². The maximum absolute atomic E-state index is 10.6. The Morgan fingerprint density at radius 3 is 2.60 bits per heavy atom. The number of phosphoric ester groups is 1. The Morgan fingerprint density at radius 2 is 2.00 bits per heavy atom. The number of benzene rings is 1. The molecule has 0 aliphatic heterocycles. The van der Waals surface area contributed by atoms with E-state index in [0.717, 1.165) is 0 Å². The molecule has 0 unspecified atom stereocenters. The molecule has 6 nitrogen and oxygen atoms in total. The van der Waals surface area contributed by atoms with E-state index in [0.29, 0.717) is 5.56 Å². The topological polar surface area (TPSA) is 93.1 Å². The number of para-hydroxylation sites is 1. The van der Waals surface area contributed by atoms with Gasteiger partial charge in [-0.05, 0) is 6.07 Å². The number of carbonyl (C=O) groups excluding carboxylic acids is 1. The van der Waals surface area contributed by atoms with Gasteiger partial charge in [0.2, 0.25) is 0 Å². The minimum atomic E-state index is -4.59. The third-order valence-corrected chi connectivity index (χ3v) is 1.93. The van der Waals surface area contributed by atoms with Crippen molar-refractivity contribution in [2.75, 3.05) is 0 Å². The van der Waals surface area contributed by atoms with Gasteiger partial charge < -0.3 is 9.26 Å². The lowest BCUT2D eigenvalue weighted by Gasteiger charge is -2.10. The summed E-state index contributed by atoms with van der Waals surface area (Å²) in [5.74, 6) is -0.00677. The minimum absolute atomic E-state index is 0.00677. The summed E-state index contributed by atoms with van der Waals surface area (Å²) >= 11 is 0. The lowest BCUT2D eigenvalue weighted by Crippen LogP contribution is -1.97. The van der Waals surface area contributed by atoms with Crippen LogP contribution in [0.25, 0.3) is 0 Å². The molecule has 0 fully saturated rings. The van der Waals surface area contributed by atoms with Crippen molar-refractivity contribution in [3.05, 3.63) is 29.8 Å². The molecule has 0 spiro atoms. The molecule has 0 aliphatic rings. The zero-order valence-electron chi connectivity index (χ0n) is 7.57. The molecule has 1 aromatic rings. The van der Waals surface area contributed by atoms with E-state index in [1.165, 1.54) is 12.1 Å². The lowest BCUT2D eigenvalue weighted by molar-refractivity contribution is -0.129. The molecule has 82 valence electrons. The number of ether oxygens (including phenoxy) is 1. The van der Waals surface area contributed by atoms with Crippen LogP contribution in [0, 0.1) is 0 Å². The van der Waals surface area contributed by atoms with Crippen molar-refractivity contribution in [3.8, 4) is 5.75 Å². The van der Waals surface area contributed by atoms with E-state index in [4.69, 9.17) is 9.79 Å². The number of hydrogen-bond donors (Lipinski definition) is 2. The van der Waals surface area contributed by atoms with Crippen molar-refractivity contribution in [2.24, 2.45) is 0 Å². The maximum atomic E-state index is 10.6. The quantitative estimate of drug-likeness (QED) is 0.577. The summed E-state index contributed by atoms with van der Waals surface area (Å²) in [6, 6.07) is 6.10. The van der Waals surface area contributed by atoms with Gasteiger partial charge in [0.1, 0.15) is 12.4 Å². The van der Waals surface area contributed by atoms with E-state index in [1.54, 1.807) is 12.1 Å². The summed E-state index contributed by atoms with van der Waals surface area (Å²) in [5.41, 5.74) is 0.382. The average Bonchev–Trinajstić information content (AvgIpc) is 2.14. The van der Waals surface area contributed by atoms with Crippen molar-refractivity contribution < 1.29 is 28.4 Å². The highest BCUT2D eigenvalue weighted by atomic mass is 31.2. The molecule has 7 heteroatoms. The predicted molar refractivity (Wildman–Crippen MR) is 50.0 cm³/mol. The van der Waals surface area contributed by atoms with Gasteiger partial charge in [-0.15, -0.1) is 0 Å². The van der Waals surface area contributed by atoms with Crippen molar-refractivity contribution >= 4 is 14.3 Å². The van der Waals surface area contributed by atoms with Gasteiger partial charge in [0, 0.05) is 5.56 Å². The van der Waals surface area contributed by atoms with Gasteiger partial charge in [0.15, 0.2) is 0 Å². The Labute approximate surface area is 85.7 Å². The Hall–Kier alpha value is -1.36. The maximum Gasteiger partial charge on any atom is 0.524 e. The van der Waals surface area contributed by atoms with Gasteiger partial charge in [-0.3, -0.25) is 14.6 Å². The van der Waals surface area contributed by atoms with E-state index in [9.17, 15) is 9.36 Å². The Bertz CT molecular complexity index is 384. The van der Waals surface area contributed by atoms with Gasteiger partial charge in [-0.1, -0.05) is 18.2 Å². The van der Waals surface area contributed by atoms with Crippen molar-refractivity contribution in [1.29, 1.82) is 0 Å². The zero-order valence-corrected chi connectivity index (χ0v) is 8.46. The molecule has 2 N–H and O–H groups in total. The molecule has 0 bridgehead atoms. The molecule has 0 aliphatic carbocycles. The molecule has 0 atom stereocenters. The molecular formula is C8H9O6P. The van der Waals surface area contributed by atoms with Gasteiger partial charge in [0.05, 0.1) is 0 Å². The second-order valence-corrected chi connectivity index (χ2v) is 3.76. The van der Waals surface area contributed by atoms with Crippen LogP contribution in [0.15, 0.2) is 24.3 Å². The van der Waals surface area contributed by atoms with Gasteiger partial charge in [-0.25, -0.2) is 4.57 Å². The van der Waals surface area contributed by atoms with Crippen LogP contribution in [0.5, 0.6) is 5.75 Å². The minimum Gasteiger partial charge on any atom is -0.463 e. The summed E-state index contributed by atoms with van der Waals surface area (Å²) in [5, 5.41) is 0. The monoisotopic (exact) mass is 232 g/mol. The number of rotatable bonds is 5. The first-order valence-electron chi connectivity index (χ1n) is 3.91. The number of hydrogen-bond acceptors (Lipinski definition) is 4. The molecule has 15 heavy (non-hydrogen) atoms. The van der Waals surface area contributed by atoms with E-state index in [2.05, 4.69) is 9.26 Å². The van der Waals surface area contributed by atoms with Crippen molar-refractivity contribution in [3.63, 3.8) is 0 Å². The van der Waals surface area contributed by atoms with Crippen LogP contribution in [-0.2, 0) is 20.7 Å². The standard InChI is InChI=1S/C8H9O6P/c9-6-13-5-7-3-1-2-4-8(7)14-15(10,11)12/h1-4,6H,5H2,(H2,10,11,12). The molecule has 1 aromatic carbocycles. The highest BCUT2D eigenvalue weighted by Crippen LogP contribution is 2.39. The third-order valence-electron chi connectivity index (χ3n) is 1.50. The van der Waals surface area contributed by atoms with Crippen LogP contribution in [0.1, 0.15) is 5.56 Å². The first-order chi connectivity index (χ1) is 7.03. The fourth-order valence-electron chi connectivity index (χ4n) is 0.964. The first-order valence-corrected chi connectivity index (χ1v) is 5.44. The van der Waals surface area contributed by atoms with Crippen LogP contribution >= 0.6 is 7.82 Å². The molecule has 0 amide bonds. The fourth-order valence-corrected chi connectivity index (χ4v) is 1.40. The van der Waals surface area contributed by atoms with Crippen LogP contribution in [0.2, 0.25) is 0 Å². The summed E-state index contributed by atoms with van der Waals surface area (Å²) < 4.78 is 19.5. The summed E-state index contributed by atoms with van der Waals surface area (Å²) in [6.45, 7) is 0.147. The first kappa shape index (κ1) is 11.7.